The Kier molecular flexibility index (Phi) is 3.22. The van der Waals surface area contributed by atoms with Crippen molar-refractivity contribution in [1.29, 1.82) is 5.41 Å². The third-order valence-corrected chi connectivity index (χ3v) is 5.13. The molecule has 0 saturated heterocycles. The molecule has 0 bridgehead atoms. The lowest BCUT2D eigenvalue weighted by Crippen LogP contribution is -2.35. The first-order valence-electron chi connectivity index (χ1n) is 7.42. The summed E-state index contributed by atoms with van der Waals surface area (Å²) in [5, 5.41) is 8.63. The molecule has 0 amide bonds. The van der Waals surface area contributed by atoms with Crippen LogP contribution in [0.2, 0.25) is 0 Å². The zero-order valence-corrected chi connectivity index (χ0v) is 12.0. The minimum absolute atomic E-state index is 0.115. The molecular weight excluding hydrogens is 234 g/mol. The highest BCUT2D eigenvalue weighted by Crippen LogP contribution is 2.47. The Hall–Kier alpha value is -1.15. The number of rotatable bonds is 2. The van der Waals surface area contributed by atoms with Crippen molar-refractivity contribution in [2.75, 3.05) is 7.11 Å². The van der Waals surface area contributed by atoms with Crippen molar-refractivity contribution in [2.45, 2.75) is 51.6 Å². The van der Waals surface area contributed by atoms with Crippen LogP contribution in [0.1, 0.15) is 49.3 Å². The number of hydrogen-bond donors (Lipinski definition) is 1. The van der Waals surface area contributed by atoms with Crippen LogP contribution >= 0.6 is 0 Å². The van der Waals surface area contributed by atoms with E-state index in [-0.39, 0.29) is 5.41 Å². The molecule has 0 heterocycles. The van der Waals surface area contributed by atoms with Crippen LogP contribution in [0, 0.1) is 10.8 Å². The number of methoxy groups -OCH3 is 1. The van der Waals surface area contributed by atoms with Crippen LogP contribution in [0.25, 0.3) is 0 Å². The summed E-state index contributed by atoms with van der Waals surface area (Å²) in [6.45, 7) is 2.18. The molecule has 0 aromatic heterocycles. The lowest BCUT2D eigenvalue weighted by molar-refractivity contribution is 0.0467. The molecule has 1 N–H and O–H groups in total. The fourth-order valence-corrected chi connectivity index (χ4v) is 3.78. The minimum atomic E-state index is 0.115. The highest BCUT2D eigenvalue weighted by molar-refractivity contribution is 6.07. The molecule has 0 unspecified atom stereocenters. The second kappa shape index (κ2) is 4.75. The zero-order valence-electron chi connectivity index (χ0n) is 12.0. The summed E-state index contributed by atoms with van der Waals surface area (Å²) in [6, 6.07) is 6.72. The van der Waals surface area contributed by atoms with Gasteiger partial charge in [0.25, 0.3) is 0 Å². The zero-order chi connectivity index (χ0) is 13.5. The summed E-state index contributed by atoms with van der Waals surface area (Å²) >= 11 is 0. The van der Waals surface area contributed by atoms with E-state index < -0.39 is 0 Å². The number of nitrogens with one attached hydrogen (secondary N) is 1. The molecule has 102 valence electrons. The van der Waals surface area contributed by atoms with E-state index in [1.807, 2.05) is 7.11 Å². The van der Waals surface area contributed by atoms with Crippen LogP contribution < -0.4 is 0 Å². The van der Waals surface area contributed by atoms with Gasteiger partial charge in [0.1, 0.15) is 0 Å². The topological polar surface area (TPSA) is 33.1 Å². The summed E-state index contributed by atoms with van der Waals surface area (Å²) in [7, 11) is 1.81. The lowest BCUT2D eigenvalue weighted by atomic mass is 9.70. The summed E-state index contributed by atoms with van der Waals surface area (Å²) in [5.41, 5.74) is 4.97. The molecule has 1 spiro atoms. The Labute approximate surface area is 115 Å². The standard InChI is InChI=1S/C17H23NO/c1-3-12-4-5-13-11-17(16(18)15(13)10-12)8-6-14(19-2)7-9-17/h4-5,10,14,18H,3,6-9,11H2,1-2H3. The van der Waals surface area contributed by atoms with Crippen LogP contribution in [0.3, 0.4) is 0 Å². The Balaban J connectivity index is 1.87. The number of ether oxygens (including phenoxy) is 1. The molecule has 19 heavy (non-hydrogen) atoms. The summed E-state index contributed by atoms with van der Waals surface area (Å²) < 4.78 is 5.47. The molecule has 2 aliphatic carbocycles. The third kappa shape index (κ3) is 2.02. The van der Waals surface area contributed by atoms with Crippen molar-refractivity contribution in [3.8, 4) is 0 Å². The van der Waals surface area contributed by atoms with Gasteiger partial charge in [0.15, 0.2) is 0 Å². The van der Waals surface area contributed by atoms with Crippen molar-refractivity contribution < 1.29 is 4.74 Å². The molecule has 1 saturated carbocycles. The first-order valence-corrected chi connectivity index (χ1v) is 7.42. The number of benzene rings is 1. The Morgan fingerprint density at radius 2 is 2.05 bits per heavy atom. The number of hydrogen-bond acceptors (Lipinski definition) is 2. The molecule has 0 aliphatic heterocycles. The van der Waals surface area contributed by atoms with E-state index in [4.69, 9.17) is 10.1 Å². The van der Waals surface area contributed by atoms with Gasteiger partial charge in [-0.2, -0.15) is 0 Å². The van der Waals surface area contributed by atoms with Gasteiger partial charge in [-0.1, -0.05) is 19.1 Å². The first-order chi connectivity index (χ1) is 9.18. The third-order valence-electron chi connectivity index (χ3n) is 5.13. The van der Waals surface area contributed by atoms with Gasteiger partial charge in [-0.15, -0.1) is 0 Å². The van der Waals surface area contributed by atoms with E-state index in [0.717, 1.165) is 44.2 Å². The Morgan fingerprint density at radius 3 is 2.68 bits per heavy atom. The molecule has 2 heteroatoms. The van der Waals surface area contributed by atoms with Crippen LogP contribution in [0.15, 0.2) is 18.2 Å². The van der Waals surface area contributed by atoms with Gasteiger partial charge in [0, 0.05) is 18.2 Å². The van der Waals surface area contributed by atoms with E-state index in [0.29, 0.717) is 6.10 Å². The first kappa shape index (κ1) is 12.9. The summed E-state index contributed by atoms with van der Waals surface area (Å²) in [4.78, 5) is 0. The van der Waals surface area contributed by atoms with Crippen LogP contribution in [-0.4, -0.2) is 18.9 Å². The van der Waals surface area contributed by atoms with Crippen LogP contribution in [-0.2, 0) is 17.6 Å². The Bertz CT molecular complexity index is 498. The predicted octanol–water partition coefficient (Wildman–Crippen LogP) is 3.75. The number of aryl methyl sites for hydroxylation is 1. The molecular formula is C17H23NO. The quantitative estimate of drug-likeness (QED) is 0.860. The van der Waals surface area contributed by atoms with E-state index >= 15 is 0 Å². The molecule has 3 rings (SSSR count). The van der Waals surface area contributed by atoms with Gasteiger partial charge < -0.3 is 10.1 Å². The van der Waals surface area contributed by atoms with Crippen molar-refractivity contribution in [3.05, 3.63) is 34.9 Å². The smallest absolute Gasteiger partial charge is 0.0572 e. The highest BCUT2D eigenvalue weighted by atomic mass is 16.5. The van der Waals surface area contributed by atoms with Gasteiger partial charge >= 0.3 is 0 Å². The van der Waals surface area contributed by atoms with Crippen LogP contribution in [0.4, 0.5) is 0 Å². The minimum Gasteiger partial charge on any atom is -0.381 e. The molecule has 1 aromatic rings. The largest absolute Gasteiger partial charge is 0.381 e. The molecule has 1 aromatic carbocycles. The second-order valence-electron chi connectivity index (χ2n) is 6.11. The van der Waals surface area contributed by atoms with E-state index in [9.17, 15) is 0 Å². The summed E-state index contributed by atoms with van der Waals surface area (Å²) in [6.07, 6.45) is 6.97. The number of fused-ring (bicyclic) bond motifs is 1. The van der Waals surface area contributed by atoms with Gasteiger partial charge in [0.2, 0.25) is 0 Å². The van der Waals surface area contributed by atoms with Crippen LogP contribution in [0.5, 0.6) is 0 Å². The SMILES string of the molecule is CCc1ccc2c(c1)C(=N)C1(CCC(OC)CC1)C2. The van der Waals surface area contributed by atoms with Gasteiger partial charge in [0.05, 0.1) is 6.10 Å². The average molecular weight is 257 g/mol. The molecule has 1 fully saturated rings. The lowest BCUT2D eigenvalue weighted by Gasteiger charge is -2.36. The van der Waals surface area contributed by atoms with Crippen molar-refractivity contribution in [2.24, 2.45) is 5.41 Å². The predicted molar refractivity (Wildman–Crippen MR) is 78.1 cm³/mol. The normalized spacial score (nSPS) is 29.8. The molecule has 2 aliphatic rings. The van der Waals surface area contributed by atoms with E-state index in [1.165, 1.54) is 16.7 Å². The van der Waals surface area contributed by atoms with Crippen molar-refractivity contribution in [3.63, 3.8) is 0 Å². The van der Waals surface area contributed by atoms with E-state index in [2.05, 4.69) is 25.1 Å². The van der Waals surface area contributed by atoms with Crippen molar-refractivity contribution in [1.82, 2.24) is 0 Å². The van der Waals surface area contributed by atoms with E-state index in [1.54, 1.807) is 0 Å². The fraction of sp³-hybridized carbons (Fsp3) is 0.588. The summed E-state index contributed by atoms with van der Waals surface area (Å²) in [5.74, 6) is 0. The molecule has 0 radical (unpaired) electrons. The van der Waals surface area contributed by atoms with Gasteiger partial charge in [-0.05, 0) is 61.3 Å². The molecule has 0 atom stereocenters. The monoisotopic (exact) mass is 257 g/mol. The highest BCUT2D eigenvalue weighted by Gasteiger charge is 2.44. The maximum atomic E-state index is 8.63. The van der Waals surface area contributed by atoms with Crippen molar-refractivity contribution >= 4 is 5.71 Å². The fourth-order valence-electron chi connectivity index (χ4n) is 3.78. The average Bonchev–Trinajstić information content (AvgIpc) is 2.72. The second-order valence-corrected chi connectivity index (χ2v) is 6.11. The maximum Gasteiger partial charge on any atom is 0.0572 e. The molecule has 2 nitrogen and oxygen atoms in total. The van der Waals surface area contributed by atoms with Gasteiger partial charge in [-0.25, -0.2) is 0 Å². The Morgan fingerprint density at radius 1 is 1.32 bits per heavy atom. The maximum absolute atomic E-state index is 8.63. The van der Waals surface area contributed by atoms with Gasteiger partial charge in [-0.3, -0.25) is 0 Å².